The number of carbonyl (C=O) groups is 4. The lowest BCUT2D eigenvalue weighted by atomic mass is 9.95. The molecule has 0 saturated carbocycles. The molecule has 0 unspecified atom stereocenters. The molecule has 0 spiro atoms. The van der Waals surface area contributed by atoms with Gasteiger partial charge in [0.25, 0.3) is 5.79 Å². The second-order valence-electron chi connectivity index (χ2n) is 5.67. The van der Waals surface area contributed by atoms with Gasteiger partial charge in [0.2, 0.25) is 11.8 Å². The van der Waals surface area contributed by atoms with Gasteiger partial charge in [0.15, 0.2) is 5.78 Å². The molecule has 126 valence electrons. The van der Waals surface area contributed by atoms with Crippen molar-refractivity contribution in [3.05, 3.63) is 29.3 Å². The summed E-state index contributed by atoms with van der Waals surface area (Å²) in [6.45, 7) is 4.08. The smallest absolute Gasteiger partial charge is 0.331 e. The van der Waals surface area contributed by atoms with Crippen molar-refractivity contribution in [1.29, 1.82) is 5.41 Å². The van der Waals surface area contributed by atoms with E-state index in [-0.39, 0.29) is 17.0 Å². The fourth-order valence-corrected chi connectivity index (χ4v) is 2.24. The van der Waals surface area contributed by atoms with Crippen molar-refractivity contribution in [3.63, 3.8) is 0 Å². The highest BCUT2D eigenvalue weighted by Crippen LogP contribution is 2.26. The van der Waals surface area contributed by atoms with Crippen LogP contribution < -0.4 is 5.32 Å². The number of rotatable bonds is 4. The average Bonchev–Trinajstić information content (AvgIpc) is 2.44. The van der Waals surface area contributed by atoms with Crippen LogP contribution in [-0.2, 0) is 23.9 Å². The summed E-state index contributed by atoms with van der Waals surface area (Å²) in [7, 11) is 0. The van der Waals surface area contributed by atoms with Crippen LogP contribution in [0.3, 0.4) is 0 Å². The number of carbonyl (C=O) groups excluding carboxylic acids is 4. The SMILES string of the molecule is CC(=O)Nc1ccc(C(=O)C2C(=O)OC(C)(C)OC2=O)cc1C=N. The lowest BCUT2D eigenvalue weighted by Gasteiger charge is -2.32. The number of ether oxygens (including phenoxy) is 2. The molecule has 1 aliphatic heterocycles. The standard InChI is InChI=1S/C16H16N2O6/c1-8(19)18-11-5-4-9(6-10(11)7-17)13(20)12-14(21)23-16(2,3)24-15(12)22/h4-7,12,17H,1-3H3,(H,18,19). The molecule has 1 aliphatic rings. The number of esters is 2. The zero-order valence-corrected chi connectivity index (χ0v) is 13.3. The van der Waals surface area contributed by atoms with Gasteiger partial charge in [0, 0.05) is 43.8 Å². The molecule has 1 aromatic carbocycles. The fraction of sp³-hybridized carbons (Fsp3) is 0.312. The van der Waals surface area contributed by atoms with Crippen LogP contribution in [0.1, 0.15) is 36.7 Å². The number of cyclic esters (lactones) is 2. The van der Waals surface area contributed by atoms with Crippen molar-refractivity contribution >= 4 is 35.5 Å². The molecule has 2 rings (SSSR count). The maximum absolute atomic E-state index is 12.5. The van der Waals surface area contributed by atoms with Gasteiger partial charge < -0.3 is 20.2 Å². The summed E-state index contributed by atoms with van der Waals surface area (Å²) in [6.07, 6.45) is 0.947. The quantitative estimate of drug-likeness (QED) is 0.370. The zero-order valence-electron chi connectivity index (χ0n) is 13.3. The summed E-state index contributed by atoms with van der Waals surface area (Å²) in [6, 6.07) is 4.07. The topological polar surface area (TPSA) is 123 Å². The Hall–Kier alpha value is -3.03. The van der Waals surface area contributed by atoms with E-state index in [1.165, 1.54) is 39.0 Å². The predicted molar refractivity (Wildman–Crippen MR) is 82.7 cm³/mol. The van der Waals surface area contributed by atoms with Crippen molar-refractivity contribution in [2.75, 3.05) is 5.32 Å². The molecule has 24 heavy (non-hydrogen) atoms. The molecular weight excluding hydrogens is 316 g/mol. The van der Waals surface area contributed by atoms with Gasteiger partial charge >= 0.3 is 11.9 Å². The van der Waals surface area contributed by atoms with E-state index in [4.69, 9.17) is 14.9 Å². The third kappa shape index (κ3) is 3.48. The highest BCUT2D eigenvalue weighted by atomic mass is 16.7. The molecule has 0 aromatic heterocycles. The van der Waals surface area contributed by atoms with Gasteiger partial charge in [-0.1, -0.05) is 0 Å². The van der Waals surface area contributed by atoms with Crippen LogP contribution >= 0.6 is 0 Å². The minimum Gasteiger partial charge on any atom is -0.422 e. The van der Waals surface area contributed by atoms with Crippen LogP contribution in [0.5, 0.6) is 0 Å². The molecular formula is C16H16N2O6. The number of anilines is 1. The predicted octanol–water partition coefficient (Wildman–Crippen LogP) is 1.28. The monoisotopic (exact) mass is 332 g/mol. The second-order valence-corrected chi connectivity index (χ2v) is 5.67. The second kappa shape index (κ2) is 6.23. The largest absolute Gasteiger partial charge is 0.422 e. The molecule has 1 heterocycles. The van der Waals surface area contributed by atoms with Gasteiger partial charge in [-0.15, -0.1) is 0 Å². The van der Waals surface area contributed by atoms with Gasteiger partial charge in [0.1, 0.15) is 0 Å². The third-order valence-electron chi connectivity index (χ3n) is 3.23. The maximum Gasteiger partial charge on any atom is 0.331 e. The van der Waals surface area contributed by atoms with E-state index in [1.54, 1.807) is 0 Å². The van der Waals surface area contributed by atoms with Gasteiger partial charge in [-0.25, -0.2) is 0 Å². The number of Topliss-reactive ketones (excluding diaryl/α,β-unsaturated/α-hetero) is 1. The van der Waals surface area contributed by atoms with E-state index in [0.717, 1.165) is 6.21 Å². The molecule has 1 aromatic rings. The molecule has 0 radical (unpaired) electrons. The molecule has 0 atom stereocenters. The van der Waals surface area contributed by atoms with Crippen LogP contribution in [0.4, 0.5) is 5.69 Å². The first kappa shape index (κ1) is 17.3. The normalized spacial score (nSPS) is 16.8. The van der Waals surface area contributed by atoms with E-state index in [2.05, 4.69) is 5.32 Å². The summed E-state index contributed by atoms with van der Waals surface area (Å²) < 4.78 is 9.86. The molecule has 1 fully saturated rings. The maximum atomic E-state index is 12.5. The molecule has 1 saturated heterocycles. The van der Waals surface area contributed by atoms with E-state index in [1.807, 2.05) is 0 Å². The van der Waals surface area contributed by atoms with Crippen LogP contribution in [0.25, 0.3) is 0 Å². The summed E-state index contributed by atoms with van der Waals surface area (Å²) in [4.78, 5) is 47.5. The van der Waals surface area contributed by atoms with Crippen LogP contribution in [-0.4, -0.2) is 35.6 Å². The lowest BCUT2D eigenvalue weighted by Crippen LogP contribution is -2.49. The van der Waals surface area contributed by atoms with Crippen molar-refractivity contribution in [3.8, 4) is 0 Å². The Morgan fingerprint density at radius 1 is 1.21 bits per heavy atom. The van der Waals surface area contributed by atoms with E-state index in [0.29, 0.717) is 5.69 Å². The van der Waals surface area contributed by atoms with Gasteiger partial charge in [0.05, 0.1) is 0 Å². The van der Waals surface area contributed by atoms with Crippen LogP contribution in [0, 0.1) is 11.3 Å². The number of hydrogen-bond donors (Lipinski definition) is 2. The first-order chi connectivity index (χ1) is 11.1. The Morgan fingerprint density at radius 3 is 2.29 bits per heavy atom. The minimum absolute atomic E-state index is 0.0289. The highest BCUT2D eigenvalue weighted by Gasteiger charge is 2.47. The third-order valence-corrected chi connectivity index (χ3v) is 3.23. The number of nitrogens with one attached hydrogen (secondary N) is 2. The first-order valence-electron chi connectivity index (χ1n) is 7.06. The molecule has 8 nitrogen and oxygen atoms in total. The lowest BCUT2D eigenvalue weighted by molar-refractivity contribution is -0.236. The molecule has 0 aliphatic carbocycles. The van der Waals surface area contributed by atoms with Crippen LogP contribution in [0.2, 0.25) is 0 Å². The summed E-state index contributed by atoms with van der Waals surface area (Å²) in [5, 5.41) is 9.88. The zero-order chi connectivity index (χ0) is 18.1. The Bertz CT molecular complexity index is 733. The average molecular weight is 332 g/mol. The van der Waals surface area contributed by atoms with Crippen LogP contribution in [0.15, 0.2) is 18.2 Å². The van der Waals surface area contributed by atoms with Gasteiger partial charge in [-0.2, -0.15) is 0 Å². The minimum atomic E-state index is -1.71. The molecule has 8 heteroatoms. The number of ketones is 1. The first-order valence-corrected chi connectivity index (χ1v) is 7.06. The van der Waals surface area contributed by atoms with Gasteiger partial charge in [-0.05, 0) is 18.2 Å². The van der Waals surface area contributed by atoms with E-state index in [9.17, 15) is 19.2 Å². The highest BCUT2D eigenvalue weighted by molar-refractivity contribution is 6.21. The molecule has 2 N–H and O–H groups in total. The Labute approximate surface area is 137 Å². The Kier molecular flexibility index (Phi) is 4.50. The summed E-state index contributed by atoms with van der Waals surface area (Å²) in [5.41, 5.74) is 0.624. The van der Waals surface area contributed by atoms with Crippen molar-refractivity contribution in [2.24, 2.45) is 5.92 Å². The number of hydrogen-bond acceptors (Lipinski definition) is 7. The molecule has 0 bridgehead atoms. The number of amides is 1. The van der Waals surface area contributed by atoms with Crippen molar-refractivity contribution in [2.45, 2.75) is 26.6 Å². The van der Waals surface area contributed by atoms with Gasteiger partial charge in [-0.3, -0.25) is 19.2 Å². The Balaban J connectivity index is 2.33. The summed E-state index contributed by atoms with van der Waals surface area (Å²) >= 11 is 0. The van der Waals surface area contributed by atoms with E-state index < -0.39 is 29.4 Å². The van der Waals surface area contributed by atoms with Crippen molar-refractivity contribution in [1.82, 2.24) is 0 Å². The number of benzene rings is 1. The Morgan fingerprint density at radius 2 is 1.79 bits per heavy atom. The van der Waals surface area contributed by atoms with E-state index >= 15 is 0 Å². The fourth-order valence-electron chi connectivity index (χ4n) is 2.24. The summed E-state index contributed by atoms with van der Waals surface area (Å²) in [5.74, 6) is -6.22. The van der Waals surface area contributed by atoms with Crippen molar-refractivity contribution < 1.29 is 28.7 Å². The molecule has 1 amide bonds.